The third-order valence-electron chi connectivity index (χ3n) is 3.56. The number of nitrogens with one attached hydrogen (secondary N) is 2. The maximum atomic E-state index is 12.2. The predicted molar refractivity (Wildman–Crippen MR) is 79.0 cm³/mol. The number of phenolic OH excluding ortho intramolecular Hbond substituents is 1. The Hall–Kier alpha value is -2.49. The fourth-order valence-corrected chi connectivity index (χ4v) is 2.37. The van der Waals surface area contributed by atoms with E-state index in [9.17, 15) is 9.90 Å². The summed E-state index contributed by atoms with van der Waals surface area (Å²) in [6, 6.07) is 12.8. The molecular formula is C16H16N2O2. The van der Waals surface area contributed by atoms with Crippen molar-refractivity contribution in [1.29, 1.82) is 0 Å². The smallest absolute Gasteiger partial charge is 0.247 e. The lowest BCUT2D eigenvalue weighted by atomic mass is 10.1. The van der Waals surface area contributed by atoms with Gasteiger partial charge in [0.05, 0.1) is 0 Å². The Labute approximate surface area is 117 Å². The first-order chi connectivity index (χ1) is 9.63. The van der Waals surface area contributed by atoms with Crippen LogP contribution in [0.2, 0.25) is 0 Å². The third kappa shape index (κ3) is 2.32. The molecule has 3 N–H and O–H groups in total. The van der Waals surface area contributed by atoms with Gasteiger partial charge in [-0.1, -0.05) is 24.3 Å². The quantitative estimate of drug-likeness (QED) is 0.784. The summed E-state index contributed by atoms with van der Waals surface area (Å²) in [7, 11) is 0. The number of benzene rings is 2. The number of hydrogen-bond donors (Lipinski definition) is 3. The molecule has 1 unspecified atom stereocenters. The van der Waals surface area contributed by atoms with Crippen LogP contribution < -0.4 is 10.6 Å². The molecule has 4 heteroatoms. The van der Waals surface area contributed by atoms with Crippen molar-refractivity contribution in [3.63, 3.8) is 0 Å². The average Bonchev–Trinajstić information content (AvgIpc) is 2.87. The largest absolute Gasteiger partial charge is 0.508 e. The first kappa shape index (κ1) is 12.5. The summed E-state index contributed by atoms with van der Waals surface area (Å²) in [5, 5.41) is 15.7. The molecule has 0 fully saturated rings. The van der Waals surface area contributed by atoms with Crippen molar-refractivity contribution < 1.29 is 9.90 Å². The highest BCUT2D eigenvalue weighted by Crippen LogP contribution is 2.26. The van der Waals surface area contributed by atoms with E-state index in [1.165, 1.54) is 0 Å². The molecule has 1 aliphatic heterocycles. The van der Waals surface area contributed by atoms with Crippen LogP contribution in [0.3, 0.4) is 0 Å². The molecule has 0 saturated carbocycles. The van der Waals surface area contributed by atoms with Crippen LogP contribution in [-0.4, -0.2) is 17.1 Å². The zero-order chi connectivity index (χ0) is 14.1. The second kappa shape index (κ2) is 4.89. The molecule has 20 heavy (non-hydrogen) atoms. The van der Waals surface area contributed by atoms with Crippen LogP contribution in [-0.2, 0) is 11.2 Å². The first-order valence-electron chi connectivity index (χ1n) is 6.58. The lowest BCUT2D eigenvalue weighted by Crippen LogP contribution is -2.32. The van der Waals surface area contributed by atoms with Crippen LogP contribution in [0.4, 0.5) is 11.4 Å². The van der Waals surface area contributed by atoms with Crippen LogP contribution in [0.1, 0.15) is 11.1 Å². The van der Waals surface area contributed by atoms with Crippen molar-refractivity contribution in [2.24, 2.45) is 0 Å². The second-order valence-corrected chi connectivity index (χ2v) is 5.05. The van der Waals surface area contributed by atoms with E-state index in [0.29, 0.717) is 12.1 Å². The van der Waals surface area contributed by atoms with E-state index < -0.39 is 0 Å². The fraction of sp³-hybridized carbons (Fsp3) is 0.188. The molecule has 1 heterocycles. The Morgan fingerprint density at radius 1 is 1.30 bits per heavy atom. The van der Waals surface area contributed by atoms with Gasteiger partial charge in [-0.15, -0.1) is 0 Å². The van der Waals surface area contributed by atoms with Crippen LogP contribution in [0.25, 0.3) is 0 Å². The minimum Gasteiger partial charge on any atom is -0.508 e. The van der Waals surface area contributed by atoms with Gasteiger partial charge in [0.2, 0.25) is 5.91 Å². The number of anilines is 2. The summed E-state index contributed by atoms with van der Waals surface area (Å²) < 4.78 is 0. The molecule has 3 rings (SSSR count). The van der Waals surface area contributed by atoms with E-state index in [1.54, 1.807) is 18.2 Å². The van der Waals surface area contributed by atoms with E-state index in [0.717, 1.165) is 16.8 Å². The minimum atomic E-state index is -0.268. The topological polar surface area (TPSA) is 61.4 Å². The molecular weight excluding hydrogens is 252 g/mol. The summed E-state index contributed by atoms with van der Waals surface area (Å²) in [6.07, 6.45) is 0.680. The summed E-state index contributed by atoms with van der Waals surface area (Å²) >= 11 is 0. The van der Waals surface area contributed by atoms with Gasteiger partial charge in [-0.2, -0.15) is 0 Å². The van der Waals surface area contributed by atoms with Gasteiger partial charge in [0.1, 0.15) is 11.8 Å². The van der Waals surface area contributed by atoms with Crippen LogP contribution >= 0.6 is 0 Å². The number of rotatable bonds is 2. The normalized spacial score (nSPS) is 16.4. The first-order valence-corrected chi connectivity index (χ1v) is 6.58. The zero-order valence-electron chi connectivity index (χ0n) is 11.2. The molecule has 2 aromatic rings. The Kier molecular flexibility index (Phi) is 3.06. The standard InChI is InChI=1S/C16H16N2O2/c1-10-6-7-12(9-15(10)19)17-16(20)14-8-11-4-2-3-5-13(11)18-14/h2-7,9,14,18-19H,8H2,1H3,(H,17,20). The second-order valence-electron chi connectivity index (χ2n) is 5.05. The fourth-order valence-electron chi connectivity index (χ4n) is 2.37. The molecule has 0 aromatic heterocycles. The van der Waals surface area contributed by atoms with Gasteiger partial charge in [0, 0.05) is 23.9 Å². The number of fused-ring (bicyclic) bond motifs is 1. The molecule has 0 spiro atoms. The lowest BCUT2D eigenvalue weighted by molar-refractivity contribution is -0.116. The number of carbonyl (C=O) groups is 1. The molecule has 102 valence electrons. The Morgan fingerprint density at radius 3 is 2.85 bits per heavy atom. The zero-order valence-corrected chi connectivity index (χ0v) is 11.2. The van der Waals surface area contributed by atoms with E-state index in [4.69, 9.17) is 0 Å². The molecule has 2 aromatic carbocycles. The highest BCUT2D eigenvalue weighted by Gasteiger charge is 2.26. The average molecular weight is 268 g/mol. The van der Waals surface area contributed by atoms with Crippen molar-refractivity contribution in [2.45, 2.75) is 19.4 Å². The van der Waals surface area contributed by atoms with Crippen LogP contribution in [0.5, 0.6) is 5.75 Å². The maximum Gasteiger partial charge on any atom is 0.247 e. The summed E-state index contributed by atoms with van der Waals surface area (Å²) in [5.41, 5.74) is 3.56. The monoisotopic (exact) mass is 268 g/mol. The number of aryl methyl sites for hydroxylation is 1. The number of para-hydroxylation sites is 1. The van der Waals surface area contributed by atoms with Crippen molar-refractivity contribution in [3.05, 3.63) is 53.6 Å². The van der Waals surface area contributed by atoms with Gasteiger partial charge in [0.25, 0.3) is 0 Å². The number of phenols is 1. The Balaban J connectivity index is 1.71. The van der Waals surface area contributed by atoms with Crippen LogP contribution in [0.15, 0.2) is 42.5 Å². The summed E-state index contributed by atoms with van der Waals surface area (Å²) in [5.74, 6) is 0.0925. The van der Waals surface area contributed by atoms with Crippen molar-refractivity contribution in [3.8, 4) is 5.75 Å². The van der Waals surface area contributed by atoms with Gasteiger partial charge in [-0.25, -0.2) is 0 Å². The predicted octanol–water partition coefficient (Wildman–Crippen LogP) is 2.68. The molecule has 1 atom stereocenters. The van der Waals surface area contributed by atoms with E-state index >= 15 is 0 Å². The van der Waals surface area contributed by atoms with Crippen LogP contribution in [0, 0.1) is 6.92 Å². The Morgan fingerprint density at radius 2 is 2.10 bits per heavy atom. The van der Waals surface area contributed by atoms with Gasteiger partial charge >= 0.3 is 0 Å². The highest BCUT2D eigenvalue weighted by atomic mass is 16.3. The van der Waals surface area contributed by atoms with Gasteiger partial charge in [-0.3, -0.25) is 4.79 Å². The number of amides is 1. The molecule has 1 aliphatic rings. The highest BCUT2D eigenvalue weighted by molar-refractivity contribution is 5.98. The molecule has 0 bridgehead atoms. The Bertz CT molecular complexity index is 642. The molecule has 0 aliphatic carbocycles. The van der Waals surface area contributed by atoms with Gasteiger partial charge < -0.3 is 15.7 Å². The van der Waals surface area contributed by atoms with Crippen molar-refractivity contribution in [1.82, 2.24) is 0 Å². The van der Waals surface area contributed by atoms with E-state index in [2.05, 4.69) is 10.6 Å². The molecule has 0 radical (unpaired) electrons. The molecule has 4 nitrogen and oxygen atoms in total. The van der Waals surface area contributed by atoms with E-state index in [1.807, 2.05) is 31.2 Å². The third-order valence-corrected chi connectivity index (χ3v) is 3.56. The number of aromatic hydroxyl groups is 1. The number of hydrogen-bond acceptors (Lipinski definition) is 3. The van der Waals surface area contributed by atoms with Crippen molar-refractivity contribution in [2.75, 3.05) is 10.6 Å². The summed E-state index contributed by atoms with van der Waals surface area (Å²) in [6.45, 7) is 1.82. The lowest BCUT2D eigenvalue weighted by Gasteiger charge is -2.12. The van der Waals surface area contributed by atoms with Crippen molar-refractivity contribution >= 4 is 17.3 Å². The van der Waals surface area contributed by atoms with Gasteiger partial charge in [0.15, 0.2) is 0 Å². The minimum absolute atomic E-state index is 0.0931. The van der Waals surface area contributed by atoms with Gasteiger partial charge in [-0.05, 0) is 30.2 Å². The summed E-state index contributed by atoms with van der Waals surface area (Å²) in [4.78, 5) is 12.2. The van der Waals surface area contributed by atoms with E-state index in [-0.39, 0.29) is 17.7 Å². The maximum absolute atomic E-state index is 12.2. The SMILES string of the molecule is Cc1ccc(NC(=O)C2Cc3ccccc3N2)cc1O. The molecule has 1 amide bonds. The number of carbonyl (C=O) groups excluding carboxylic acids is 1. The molecule has 0 saturated heterocycles.